The molecule has 8 heavy (non-hydrogen) atoms. The number of alkyl halides is 1. The zero-order valence-electron chi connectivity index (χ0n) is 5.41. The Balaban J connectivity index is 2.01. The maximum absolute atomic E-state index is 3.43. The molecule has 0 unspecified atom stereocenters. The third-order valence-corrected chi connectivity index (χ3v) is 2.58. The Kier molecular flexibility index (Phi) is 1.97. The van der Waals surface area contributed by atoms with Crippen molar-refractivity contribution in [2.75, 3.05) is 5.33 Å². The maximum Gasteiger partial charge on any atom is 0.00315 e. The Morgan fingerprint density at radius 1 is 1.50 bits per heavy atom. The summed E-state index contributed by atoms with van der Waals surface area (Å²) in [7, 11) is 0. The topological polar surface area (TPSA) is 0 Å². The first-order chi connectivity index (χ1) is 3.77. The fourth-order valence-corrected chi connectivity index (χ4v) is 1.24. The summed E-state index contributed by atoms with van der Waals surface area (Å²) in [6, 6.07) is 0. The minimum atomic E-state index is 0.772. The summed E-state index contributed by atoms with van der Waals surface area (Å²) in [5, 5.41) is 1.18. The highest BCUT2D eigenvalue weighted by Crippen LogP contribution is 2.48. The molecule has 0 amide bonds. The molecule has 0 heterocycles. The highest BCUT2D eigenvalue weighted by Gasteiger charge is 2.35. The quantitative estimate of drug-likeness (QED) is 0.581. The van der Waals surface area contributed by atoms with E-state index in [0.717, 1.165) is 5.41 Å². The molecule has 1 aliphatic carbocycles. The molecule has 1 saturated carbocycles. The lowest BCUT2D eigenvalue weighted by Gasteiger charge is -2.03. The van der Waals surface area contributed by atoms with E-state index in [1.165, 1.54) is 31.0 Å². The molecular weight excluding hydrogens is 164 g/mol. The minimum absolute atomic E-state index is 0.772. The summed E-state index contributed by atoms with van der Waals surface area (Å²) < 4.78 is 0. The van der Waals surface area contributed by atoms with E-state index in [9.17, 15) is 0 Å². The van der Waals surface area contributed by atoms with Crippen LogP contribution < -0.4 is 0 Å². The predicted octanol–water partition coefficient (Wildman–Crippen LogP) is 2.96. The number of hydrogen-bond acceptors (Lipinski definition) is 0. The van der Waals surface area contributed by atoms with Crippen LogP contribution >= 0.6 is 15.9 Å². The van der Waals surface area contributed by atoms with Crippen molar-refractivity contribution in [1.82, 2.24) is 0 Å². The molecule has 0 aromatic rings. The van der Waals surface area contributed by atoms with E-state index in [4.69, 9.17) is 0 Å². The van der Waals surface area contributed by atoms with Gasteiger partial charge in [-0.3, -0.25) is 0 Å². The first-order valence-electron chi connectivity index (χ1n) is 3.33. The Hall–Kier alpha value is 0.480. The summed E-state index contributed by atoms with van der Waals surface area (Å²) in [4.78, 5) is 0. The molecule has 0 N–H and O–H groups in total. The molecule has 0 aromatic carbocycles. The van der Waals surface area contributed by atoms with Crippen molar-refractivity contribution in [3.63, 3.8) is 0 Å². The second-order valence-electron chi connectivity index (χ2n) is 3.10. The average molecular weight is 177 g/mol. The zero-order valence-corrected chi connectivity index (χ0v) is 7.00. The summed E-state index contributed by atoms with van der Waals surface area (Å²) in [5.74, 6) is 0. The molecule has 0 atom stereocenters. The van der Waals surface area contributed by atoms with Gasteiger partial charge in [0, 0.05) is 5.33 Å². The van der Waals surface area contributed by atoms with Crippen LogP contribution in [0.25, 0.3) is 0 Å². The van der Waals surface area contributed by atoms with Crippen LogP contribution in [0.5, 0.6) is 0 Å². The van der Waals surface area contributed by atoms with Crippen LogP contribution in [0, 0.1) is 5.41 Å². The molecule has 48 valence electrons. The summed E-state index contributed by atoms with van der Waals surface area (Å²) in [6.45, 7) is 2.38. The molecule has 1 aliphatic rings. The highest BCUT2D eigenvalue weighted by atomic mass is 79.9. The monoisotopic (exact) mass is 176 g/mol. The third-order valence-electron chi connectivity index (χ3n) is 2.02. The van der Waals surface area contributed by atoms with Gasteiger partial charge in [-0.1, -0.05) is 22.9 Å². The van der Waals surface area contributed by atoms with Crippen LogP contribution in [0.1, 0.15) is 32.6 Å². The molecule has 1 rings (SSSR count). The van der Waals surface area contributed by atoms with Gasteiger partial charge in [0.05, 0.1) is 0 Å². The molecule has 0 bridgehead atoms. The summed E-state index contributed by atoms with van der Waals surface area (Å²) >= 11 is 3.43. The van der Waals surface area contributed by atoms with E-state index < -0.39 is 0 Å². The Labute approximate surface area is 59.8 Å². The minimum Gasteiger partial charge on any atom is -0.0928 e. The number of hydrogen-bond donors (Lipinski definition) is 0. The molecule has 0 spiro atoms. The summed E-state index contributed by atoms with van der Waals surface area (Å²) in [6.07, 6.45) is 5.73. The van der Waals surface area contributed by atoms with E-state index in [2.05, 4.69) is 22.9 Å². The van der Waals surface area contributed by atoms with E-state index in [1.54, 1.807) is 0 Å². The van der Waals surface area contributed by atoms with Gasteiger partial charge in [-0.25, -0.2) is 0 Å². The van der Waals surface area contributed by atoms with Crippen LogP contribution in [0.4, 0.5) is 0 Å². The summed E-state index contributed by atoms with van der Waals surface area (Å²) in [5.41, 5.74) is 0.772. The number of halogens is 1. The third kappa shape index (κ3) is 1.77. The van der Waals surface area contributed by atoms with Crippen LogP contribution in [-0.2, 0) is 0 Å². The first-order valence-corrected chi connectivity index (χ1v) is 4.45. The van der Waals surface area contributed by atoms with Crippen LogP contribution in [0.15, 0.2) is 0 Å². The standard InChI is InChI=1S/C7H13Br/c1-7(4-5-7)3-2-6-8/h2-6H2,1H3. The van der Waals surface area contributed by atoms with Gasteiger partial charge in [0.2, 0.25) is 0 Å². The Morgan fingerprint density at radius 3 is 2.50 bits per heavy atom. The normalized spacial score (nSPS) is 23.2. The van der Waals surface area contributed by atoms with Crippen molar-refractivity contribution in [1.29, 1.82) is 0 Å². The molecule has 1 heteroatoms. The largest absolute Gasteiger partial charge is 0.0928 e. The van der Waals surface area contributed by atoms with Crippen molar-refractivity contribution in [2.24, 2.45) is 5.41 Å². The molecule has 0 aliphatic heterocycles. The van der Waals surface area contributed by atoms with Gasteiger partial charge in [0.25, 0.3) is 0 Å². The highest BCUT2D eigenvalue weighted by molar-refractivity contribution is 9.09. The van der Waals surface area contributed by atoms with Gasteiger partial charge >= 0.3 is 0 Å². The van der Waals surface area contributed by atoms with Gasteiger partial charge in [-0.05, 0) is 31.1 Å². The van der Waals surface area contributed by atoms with E-state index in [1.807, 2.05) is 0 Å². The van der Waals surface area contributed by atoms with E-state index in [-0.39, 0.29) is 0 Å². The van der Waals surface area contributed by atoms with Gasteiger partial charge in [-0.2, -0.15) is 0 Å². The smallest absolute Gasteiger partial charge is 0.00315 e. The van der Waals surface area contributed by atoms with Gasteiger partial charge < -0.3 is 0 Å². The second kappa shape index (κ2) is 2.38. The van der Waals surface area contributed by atoms with Crippen LogP contribution in [-0.4, -0.2) is 5.33 Å². The van der Waals surface area contributed by atoms with Gasteiger partial charge in [0.1, 0.15) is 0 Å². The molecule has 0 radical (unpaired) electrons. The zero-order chi connectivity index (χ0) is 6.04. The fraction of sp³-hybridized carbons (Fsp3) is 1.00. The van der Waals surface area contributed by atoms with Crippen molar-refractivity contribution >= 4 is 15.9 Å². The molecular formula is C7H13Br. The molecule has 0 saturated heterocycles. The van der Waals surface area contributed by atoms with Crippen molar-refractivity contribution in [2.45, 2.75) is 32.6 Å². The Bertz CT molecular complexity index is 74.5. The van der Waals surface area contributed by atoms with E-state index in [0.29, 0.717) is 0 Å². The SMILES string of the molecule is CC1(CCCBr)CC1. The van der Waals surface area contributed by atoms with Crippen LogP contribution in [0.3, 0.4) is 0 Å². The van der Waals surface area contributed by atoms with Crippen molar-refractivity contribution < 1.29 is 0 Å². The molecule has 1 fully saturated rings. The Morgan fingerprint density at radius 2 is 2.12 bits per heavy atom. The van der Waals surface area contributed by atoms with Gasteiger partial charge in [-0.15, -0.1) is 0 Å². The number of rotatable bonds is 3. The lowest BCUT2D eigenvalue weighted by molar-refractivity contribution is 0.513. The van der Waals surface area contributed by atoms with Crippen LogP contribution in [0.2, 0.25) is 0 Å². The second-order valence-corrected chi connectivity index (χ2v) is 3.90. The lowest BCUT2D eigenvalue weighted by atomic mass is 10.0. The van der Waals surface area contributed by atoms with Gasteiger partial charge in [0.15, 0.2) is 0 Å². The lowest BCUT2D eigenvalue weighted by Crippen LogP contribution is -1.91. The maximum atomic E-state index is 3.43. The average Bonchev–Trinajstić information content (AvgIpc) is 2.45. The predicted molar refractivity (Wildman–Crippen MR) is 40.4 cm³/mol. The molecule has 0 nitrogen and oxygen atoms in total. The fourth-order valence-electron chi connectivity index (χ4n) is 0.957. The molecule has 0 aromatic heterocycles. The van der Waals surface area contributed by atoms with Crippen molar-refractivity contribution in [3.05, 3.63) is 0 Å². The van der Waals surface area contributed by atoms with Crippen molar-refractivity contribution in [3.8, 4) is 0 Å². The first kappa shape index (κ1) is 6.60. The van der Waals surface area contributed by atoms with E-state index >= 15 is 0 Å².